The summed E-state index contributed by atoms with van der Waals surface area (Å²) in [7, 11) is 0. The minimum atomic E-state index is 0.708. The van der Waals surface area contributed by atoms with Gasteiger partial charge in [-0.15, -0.1) is 0 Å². The molecule has 2 heteroatoms. The van der Waals surface area contributed by atoms with Crippen molar-refractivity contribution in [3.63, 3.8) is 0 Å². The van der Waals surface area contributed by atoms with E-state index >= 15 is 0 Å². The lowest BCUT2D eigenvalue weighted by Crippen LogP contribution is -2.32. The Morgan fingerprint density at radius 2 is 1.89 bits per heavy atom. The van der Waals surface area contributed by atoms with Gasteiger partial charge in [-0.1, -0.05) is 38.1 Å². The monoisotopic (exact) mass is 246 g/mol. The van der Waals surface area contributed by atoms with E-state index in [-0.39, 0.29) is 0 Å². The zero-order valence-electron chi connectivity index (χ0n) is 11.8. The summed E-state index contributed by atoms with van der Waals surface area (Å²) in [6.07, 6.45) is 3.66. The summed E-state index contributed by atoms with van der Waals surface area (Å²) in [5, 5.41) is 3.62. The normalized spacial score (nSPS) is 20.4. The van der Waals surface area contributed by atoms with Gasteiger partial charge >= 0.3 is 0 Å². The van der Waals surface area contributed by atoms with Gasteiger partial charge < -0.3 is 5.32 Å². The second-order valence-corrected chi connectivity index (χ2v) is 5.34. The van der Waals surface area contributed by atoms with Gasteiger partial charge in [0.2, 0.25) is 0 Å². The van der Waals surface area contributed by atoms with E-state index in [1.54, 1.807) is 0 Å². The highest BCUT2D eigenvalue weighted by Gasteiger charge is 2.21. The predicted molar refractivity (Wildman–Crippen MR) is 77.8 cm³/mol. The van der Waals surface area contributed by atoms with Crippen molar-refractivity contribution in [3.05, 3.63) is 35.4 Å². The molecule has 1 aromatic rings. The molecular formula is C16H26N2. The Balaban J connectivity index is 1.79. The minimum Gasteiger partial charge on any atom is -0.313 e. The number of hydrogen-bond acceptors (Lipinski definition) is 2. The molecule has 1 saturated heterocycles. The number of aryl methyl sites for hydroxylation is 1. The number of nitrogens with one attached hydrogen (secondary N) is 1. The number of likely N-dealkylation sites (tertiary alicyclic amines) is 1. The maximum Gasteiger partial charge on any atom is 0.0234 e. The fourth-order valence-electron chi connectivity index (χ4n) is 2.63. The molecule has 18 heavy (non-hydrogen) atoms. The van der Waals surface area contributed by atoms with Crippen LogP contribution in [0.4, 0.5) is 0 Å². The summed E-state index contributed by atoms with van der Waals surface area (Å²) in [5.41, 5.74) is 2.88. The second-order valence-electron chi connectivity index (χ2n) is 5.34. The molecule has 1 aliphatic heterocycles. The van der Waals surface area contributed by atoms with Crippen LogP contribution in [0.1, 0.15) is 37.8 Å². The Kier molecular flexibility index (Phi) is 5.21. The molecule has 1 aromatic carbocycles. The molecule has 0 bridgehead atoms. The van der Waals surface area contributed by atoms with E-state index in [2.05, 4.69) is 48.3 Å². The van der Waals surface area contributed by atoms with Crippen LogP contribution in [0.25, 0.3) is 0 Å². The lowest BCUT2D eigenvalue weighted by molar-refractivity contribution is 0.320. The summed E-state index contributed by atoms with van der Waals surface area (Å²) >= 11 is 0. The van der Waals surface area contributed by atoms with Crippen molar-refractivity contribution in [1.82, 2.24) is 10.2 Å². The van der Waals surface area contributed by atoms with Crippen molar-refractivity contribution in [2.24, 2.45) is 0 Å². The van der Waals surface area contributed by atoms with Crippen molar-refractivity contribution < 1.29 is 0 Å². The third-order valence-electron chi connectivity index (χ3n) is 3.79. The average molecular weight is 246 g/mol. The highest BCUT2D eigenvalue weighted by atomic mass is 15.2. The number of benzene rings is 1. The lowest BCUT2D eigenvalue weighted by atomic mass is 10.1. The van der Waals surface area contributed by atoms with Gasteiger partial charge in [0, 0.05) is 25.7 Å². The minimum absolute atomic E-state index is 0.708. The molecule has 1 N–H and O–H groups in total. The third kappa shape index (κ3) is 3.82. The topological polar surface area (TPSA) is 15.3 Å². The van der Waals surface area contributed by atoms with Gasteiger partial charge in [0.25, 0.3) is 0 Å². The summed E-state index contributed by atoms with van der Waals surface area (Å²) in [6.45, 7) is 9.14. The number of rotatable bonds is 6. The fraction of sp³-hybridized carbons (Fsp3) is 0.625. The van der Waals surface area contributed by atoms with Gasteiger partial charge in [0.05, 0.1) is 0 Å². The van der Waals surface area contributed by atoms with E-state index in [1.165, 1.54) is 37.1 Å². The van der Waals surface area contributed by atoms with Crippen molar-refractivity contribution in [2.75, 3.05) is 19.6 Å². The molecular weight excluding hydrogens is 220 g/mol. The van der Waals surface area contributed by atoms with E-state index in [0.29, 0.717) is 6.04 Å². The average Bonchev–Trinajstić information content (AvgIpc) is 2.85. The van der Waals surface area contributed by atoms with Crippen molar-refractivity contribution >= 4 is 0 Å². The number of nitrogens with zero attached hydrogens (tertiary/aromatic N) is 1. The zero-order valence-corrected chi connectivity index (χ0v) is 11.8. The summed E-state index contributed by atoms with van der Waals surface area (Å²) in [4.78, 5) is 2.56. The Morgan fingerprint density at radius 1 is 1.17 bits per heavy atom. The maximum atomic E-state index is 3.62. The first-order chi connectivity index (χ1) is 8.81. The van der Waals surface area contributed by atoms with E-state index in [4.69, 9.17) is 0 Å². The lowest BCUT2D eigenvalue weighted by Gasteiger charge is -2.16. The van der Waals surface area contributed by atoms with Crippen LogP contribution in [0.15, 0.2) is 24.3 Å². The quantitative estimate of drug-likeness (QED) is 0.830. The molecule has 0 saturated carbocycles. The van der Waals surface area contributed by atoms with Crippen molar-refractivity contribution in [1.29, 1.82) is 0 Å². The van der Waals surface area contributed by atoms with E-state index in [9.17, 15) is 0 Å². The predicted octanol–water partition coefficient (Wildman–Crippen LogP) is 2.82. The Morgan fingerprint density at radius 3 is 2.56 bits per heavy atom. The molecule has 100 valence electrons. The van der Waals surface area contributed by atoms with Gasteiger partial charge in [0.1, 0.15) is 0 Å². The fourth-order valence-corrected chi connectivity index (χ4v) is 2.63. The van der Waals surface area contributed by atoms with Crippen LogP contribution in [0.2, 0.25) is 0 Å². The van der Waals surface area contributed by atoms with Crippen LogP contribution in [0.3, 0.4) is 0 Å². The summed E-state index contributed by atoms with van der Waals surface area (Å²) in [6, 6.07) is 9.80. The second kappa shape index (κ2) is 6.91. The molecule has 0 radical (unpaired) electrons. The van der Waals surface area contributed by atoms with Crippen LogP contribution in [-0.4, -0.2) is 30.6 Å². The summed E-state index contributed by atoms with van der Waals surface area (Å²) < 4.78 is 0. The van der Waals surface area contributed by atoms with E-state index in [0.717, 1.165) is 19.5 Å². The van der Waals surface area contributed by atoms with E-state index in [1.807, 2.05) is 0 Å². The van der Waals surface area contributed by atoms with Crippen molar-refractivity contribution in [3.8, 4) is 0 Å². The molecule has 1 fully saturated rings. The van der Waals surface area contributed by atoms with Crippen LogP contribution in [-0.2, 0) is 13.0 Å². The first-order valence-corrected chi connectivity index (χ1v) is 7.35. The van der Waals surface area contributed by atoms with Crippen LogP contribution in [0.5, 0.6) is 0 Å². The maximum absolute atomic E-state index is 3.62. The highest BCUT2D eigenvalue weighted by molar-refractivity contribution is 5.22. The first-order valence-electron chi connectivity index (χ1n) is 7.35. The van der Waals surface area contributed by atoms with Gasteiger partial charge in [0.15, 0.2) is 0 Å². The summed E-state index contributed by atoms with van der Waals surface area (Å²) in [5.74, 6) is 0. The molecule has 2 nitrogen and oxygen atoms in total. The molecule has 1 unspecified atom stereocenters. The highest BCUT2D eigenvalue weighted by Crippen LogP contribution is 2.14. The SMILES string of the molecule is CCCNC1CCN(Cc2ccc(CC)cc2)C1. The molecule has 2 rings (SSSR count). The van der Waals surface area contributed by atoms with Gasteiger partial charge in [-0.2, -0.15) is 0 Å². The molecule has 1 atom stereocenters. The largest absolute Gasteiger partial charge is 0.313 e. The Labute approximate surface area is 111 Å². The van der Waals surface area contributed by atoms with Crippen LogP contribution < -0.4 is 5.32 Å². The molecule has 1 aliphatic rings. The van der Waals surface area contributed by atoms with Gasteiger partial charge in [-0.3, -0.25) is 4.90 Å². The van der Waals surface area contributed by atoms with Gasteiger partial charge in [-0.25, -0.2) is 0 Å². The number of hydrogen-bond donors (Lipinski definition) is 1. The molecule has 0 aromatic heterocycles. The zero-order chi connectivity index (χ0) is 12.8. The first kappa shape index (κ1) is 13.6. The Hall–Kier alpha value is -0.860. The smallest absolute Gasteiger partial charge is 0.0234 e. The van der Waals surface area contributed by atoms with Crippen LogP contribution >= 0.6 is 0 Å². The molecule has 0 spiro atoms. The van der Waals surface area contributed by atoms with Crippen LogP contribution in [0, 0.1) is 0 Å². The molecule has 1 heterocycles. The standard InChI is InChI=1S/C16H26N2/c1-3-10-17-16-9-11-18(13-16)12-15-7-5-14(4-2)6-8-15/h5-8,16-17H,3-4,9-13H2,1-2H3. The molecule has 0 amide bonds. The third-order valence-corrected chi connectivity index (χ3v) is 3.79. The van der Waals surface area contributed by atoms with E-state index < -0.39 is 0 Å². The Bertz CT molecular complexity index is 345. The van der Waals surface area contributed by atoms with Gasteiger partial charge in [-0.05, 0) is 36.9 Å². The van der Waals surface area contributed by atoms with Crippen molar-refractivity contribution in [2.45, 2.75) is 45.7 Å². The molecule has 0 aliphatic carbocycles.